The minimum Gasteiger partial charge on any atom is -0.319 e. The van der Waals surface area contributed by atoms with Gasteiger partial charge in [0.05, 0.1) is 4.92 Å². The summed E-state index contributed by atoms with van der Waals surface area (Å²) < 4.78 is 0. The van der Waals surface area contributed by atoms with Gasteiger partial charge in [-0.25, -0.2) is 4.79 Å². The zero-order chi connectivity index (χ0) is 17.9. The Bertz CT molecular complexity index is 647. The summed E-state index contributed by atoms with van der Waals surface area (Å²) >= 11 is 1.70. The second-order valence-electron chi connectivity index (χ2n) is 6.28. The van der Waals surface area contributed by atoms with Gasteiger partial charge in [0, 0.05) is 24.4 Å². The van der Waals surface area contributed by atoms with E-state index in [0.717, 1.165) is 5.75 Å². The van der Waals surface area contributed by atoms with E-state index in [1.165, 1.54) is 29.2 Å². The van der Waals surface area contributed by atoms with Gasteiger partial charge in [-0.1, -0.05) is 13.8 Å². The number of hydrogen-bond acceptors (Lipinski definition) is 5. The van der Waals surface area contributed by atoms with E-state index in [1.807, 2.05) is 0 Å². The molecule has 1 heterocycles. The first-order valence-electron chi connectivity index (χ1n) is 7.72. The number of nitro groups is 1. The maximum absolute atomic E-state index is 12.7. The molecule has 1 aromatic carbocycles. The molecule has 1 aliphatic rings. The molecule has 1 N–H and O–H groups in total. The number of nitrogens with zero attached hydrogens (tertiary/aromatic N) is 2. The largest absolute Gasteiger partial charge is 0.325 e. The third kappa shape index (κ3) is 3.69. The lowest BCUT2D eigenvalue weighted by Crippen LogP contribution is -2.41. The first kappa shape index (κ1) is 18.3. The summed E-state index contributed by atoms with van der Waals surface area (Å²) in [6, 6.07) is 5.26. The molecule has 0 aliphatic carbocycles. The van der Waals surface area contributed by atoms with E-state index in [0.29, 0.717) is 23.8 Å². The van der Waals surface area contributed by atoms with Crippen molar-refractivity contribution in [2.75, 3.05) is 18.1 Å². The van der Waals surface area contributed by atoms with Crippen LogP contribution in [0.15, 0.2) is 24.3 Å². The van der Waals surface area contributed by atoms with Crippen LogP contribution in [0.2, 0.25) is 0 Å². The maximum Gasteiger partial charge on any atom is 0.325 e. The van der Waals surface area contributed by atoms with Crippen molar-refractivity contribution in [3.05, 3.63) is 39.9 Å². The van der Waals surface area contributed by atoms with Crippen molar-refractivity contribution in [1.82, 2.24) is 10.2 Å². The molecule has 3 amide bonds. The summed E-state index contributed by atoms with van der Waals surface area (Å²) in [5, 5.41) is 13.4. The quantitative estimate of drug-likeness (QED) is 0.353. The SMILES string of the molecule is CC(C)CSCCN1C(=O)NC(C)(c2ccc([N+](=O)[O-])cc2)C1=O. The molecule has 1 aliphatic heterocycles. The van der Waals surface area contributed by atoms with Crippen molar-refractivity contribution in [3.63, 3.8) is 0 Å². The lowest BCUT2D eigenvalue weighted by molar-refractivity contribution is -0.384. The number of nitro benzene ring substituents is 1. The van der Waals surface area contributed by atoms with E-state index in [4.69, 9.17) is 0 Å². The topological polar surface area (TPSA) is 92.6 Å². The molecular weight excluding hydrogens is 330 g/mol. The number of amides is 3. The summed E-state index contributed by atoms with van der Waals surface area (Å²) in [4.78, 5) is 36.3. The first-order valence-corrected chi connectivity index (χ1v) is 8.88. The molecular formula is C16H21N3O4S. The van der Waals surface area contributed by atoms with Gasteiger partial charge in [0.15, 0.2) is 0 Å². The molecule has 1 saturated heterocycles. The van der Waals surface area contributed by atoms with Crippen molar-refractivity contribution < 1.29 is 14.5 Å². The second kappa shape index (κ2) is 7.21. The van der Waals surface area contributed by atoms with E-state index in [-0.39, 0.29) is 11.6 Å². The summed E-state index contributed by atoms with van der Waals surface area (Å²) in [6.07, 6.45) is 0. The Morgan fingerprint density at radius 1 is 1.29 bits per heavy atom. The molecule has 0 spiro atoms. The molecule has 0 aromatic heterocycles. The van der Waals surface area contributed by atoms with Crippen LogP contribution in [-0.2, 0) is 10.3 Å². The van der Waals surface area contributed by atoms with Gasteiger partial charge in [0.25, 0.3) is 11.6 Å². The Kier molecular flexibility index (Phi) is 5.48. The predicted octanol–water partition coefficient (Wildman–Crippen LogP) is 2.75. The molecule has 24 heavy (non-hydrogen) atoms. The maximum atomic E-state index is 12.7. The van der Waals surface area contributed by atoms with Crippen molar-refractivity contribution in [2.45, 2.75) is 26.3 Å². The molecule has 1 unspecified atom stereocenters. The molecule has 0 bridgehead atoms. The molecule has 8 heteroatoms. The Hall–Kier alpha value is -2.09. The van der Waals surface area contributed by atoms with Crippen molar-refractivity contribution in [2.24, 2.45) is 5.92 Å². The van der Waals surface area contributed by atoms with Crippen LogP contribution < -0.4 is 5.32 Å². The fraction of sp³-hybridized carbons (Fsp3) is 0.500. The number of hydrogen-bond donors (Lipinski definition) is 1. The zero-order valence-electron chi connectivity index (χ0n) is 13.9. The Morgan fingerprint density at radius 2 is 1.92 bits per heavy atom. The minimum absolute atomic E-state index is 0.0546. The summed E-state index contributed by atoms with van der Waals surface area (Å²) in [6.45, 7) is 6.21. The number of urea groups is 1. The monoisotopic (exact) mass is 351 g/mol. The standard InChI is InChI=1S/C16H21N3O4S/c1-11(2)10-24-9-8-18-14(20)16(3,17-15(18)21)12-4-6-13(7-5-12)19(22)23/h4-7,11H,8-10H2,1-3H3,(H,17,21). The third-order valence-corrected chi connectivity index (χ3v) is 5.21. The molecule has 130 valence electrons. The average molecular weight is 351 g/mol. The predicted molar refractivity (Wildman–Crippen MR) is 92.9 cm³/mol. The van der Waals surface area contributed by atoms with E-state index in [2.05, 4.69) is 19.2 Å². The van der Waals surface area contributed by atoms with Crippen molar-refractivity contribution in [3.8, 4) is 0 Å². The highest BCUT2D eigenvalue weighted by molar-refractivity contribution is 7.99. The molecule has 0 radical (unpaired) electrons. The number of carbonyl (C=O) groups is 2. The smallest absolute Gasteiger partial charge is 0.319 e. The van der Waals surface area contributed by atoms with Crippen LogP contribution in [0.4, 0.5) is 10.5 Å². The van der Waals surface area contributed by atoms with Crippen molar-refractivity contribution >= 4 is 29.4 Å². The molecule has 7 nitrogen and oxygen atoms in total. The number of non-ortho nitro benzene ring substituents is 1. The number of nitrogens with one attached hydrogen (secondary N) is 1. The lowest BCUT2D eigenvalue weighted by atomic mass is 9.92. The Labute approximate surface area is 144 Å². The lowest BCUT2D eigenvalue weighted by Gasteiger charge is -2.22. The van der Waals surface area contributed by atoms with Gasteiger partial charge >= 0.3 is 6.03 Å². The van der Waals surface area contributed by atoms with Gasteiger partial charge in [-0.15, -0.1) is 0 Å². The van der Waals surface area contributed by atoms with Gasteiger partial charge in [-0.2, -0.15) is 11.8 Å². The van der Waals surface area contributed by atoms with Crippen LogP contribution in [-0.4, -0.2) is 39.8 Å². The van der Waals surface area contributed by atoms with Gasteiger partial charge in [0.2, 0.25) is 0 Å². The first-order chi connectivity index (χ1) is 11.3. The Morgan fingerprint density at radius 3 is 2.46 bits per heavy atom. The fourth-order valence-electron chi connectivity index (χ4n) is 2.49. The number of imide groups is 1. The summed E-state index contributed by atoms with van der Waals surface area (Å²) in [5.41, 5.74) is -0.709. The average Bonchev–Trinajstić information content (AvgIpc) is 2.75. The van der Waals surface area contributed by atoms with Crippen LogP contribution in [0.5, 0.6) is 0 Å². The molecule has 0 saturated carbocycles. The van der Waals surface area contributed by atoms with Crippen LogP contribution >= 0.6 is 11.8 Å². The van der Waals surface area contributed by atoms with Gasteiger partial charge < -0.3 is 5.32 Å². The summed E-state index contributed by atoms with van der Waals surface area (Å²) in [5.74, 6) is 1.90. The van der Waals surface area contributed by atoms with Gasteiger partial charge in [-0.3, -0.25) is 19.8 Å². The van der Waals surface area contributed by atoms with E-state index >= 15 is 0 Å². The van der Waals surface area contributed by atoms with Crippen LogP contribution in [0.1, 0.15) is 26.3 Å². The Balaban J connectivity index is 2.09. The molecule has 2 rings (SSSR count). The van der Waals surface area contributed by atoms with Crippen molar-refractivity contribution in [1.29, 1.82) is 0 Å². The zero-order valence-corrected chi connectivity index (χ0v) is 14.8. The number of rotatable bonds is 7. The van der Waals surface area contributed by atoms with Crippen LogP contribution in [0, 0.1) is 16.0 Å². The van der Waals surface area contributed by atoms with Crippen LogP contribution in [0.25, 0.3) is 0 Å². The summed E-state index contributed by atoms with van der Waals surface area (Å²) in [7, 11) is 0. The highest BCUT2D eigenvalue weighted by Gasteiger charge is 2.48. The third-order valence-electron chi connectivity index (χ3n) is 3.84. The minimum atomic E-state index is -1.19. The highest BCUT2D eigenvalue weighted by Crippen LogP contribution is 2.30. The van der Waals surface area contributed by atoms with Gasteiger partial charge in [0.1, 0.15) is 5.54 Å². The van der Waals surface area contributed by atoms with Gasteiger partial charge in [-0.05, 0) is 36.3 Å². The van der Waals surface area contributed by atoms with E-state index in [1.54, 1.807) is 18.7 Å². The molecule has 1 fully saturated rings. The van der Waals surface area contributed by atoms with E-state index < -0.39 is 16.5 Å². The van der Waals surface area contributed by atoms with E-state index in [9.17, 15) is 19.7 Å². The highest BCUT2D eigenvalue weighted by atomic mass is 32.2. The normalized spacial score (nSPS) is 20.6. The van der Waals surface area contributed by atoms with Crippen LogP contribution in [0.3, 0.4) is 0 Å². The molecule has 1 aromatic rings. The number of thioether (sulfide) groups is 1. The number of benzene rings is 1. The molecule has 1 atom stereocenters. The number of carbonyl (C=O) groups excluding carboxylic acids is 2. The second-order valence-corrected chi connectivity index (χ2v) is 7.43. The fourth-order valence-corrected chi connectivity index (χ4v) is 3.44.